The zero-order chi connectivity index (χ0) is 21.4. The molecule has 3 aromatic heterocycles. The number of aryl methyl sites for hydroxylation is 2. The Labute approximate surface area is 215 Å². The van der Waals surface area contributed by atoms with Crippen molar-refractivity contribution >= 4 is 48.3 Å². The van der Waals surface area contributed by atoms with Gasteiger partial charge in [-0.25, -0.2) is 4.98 Å². The number of hydrogen-bond acceptors (Lipinski definition) is 4. The van der Waals surface area contributed by atoms with Crippen LogP contribution in [0.15, 0.2) is 78.1 Å². The number of para-hydroxylation sites is 1. The van der Waals surface area contributed by atoms with E-state index in [2.05, 4.69) is 21.1 Å². The number of aromatic amines is 1. The minimum atomic E-state index is -0.0453. The summed E-state index contributed by atoms with van der Waals surface area (Å²) in [4.78, 5) is 19.3. The summed E-state index contributed by atoms with van der Waals surface area (Å²) in [6.45, 7) is 0.327. The van der Waals surface area contributed by atoms with Crippen LogP contribution in [-0.2, 0) is 20.7 Å². The van der Waals surface area contributed by atoms with Crippen LogP contribution in [0.2, 0.25) is 0 Å². The number of imidazole rings is 1. The minimum Gasteiger partial charge on any atom is -0.487 e. The number of H-pyrrole nitrogens is 1. The molecule has 3 heterocycles. The lowest BCUT2D eigenvalue weighted by molar-refractivity contribution is 0.300. The summed E-state index contributed by atoms with van der Waals surface area (Å²) in [5.74, 6) is 0.759. The van der Waals surface area contributed by atoms with Gasteiger partial charge in [0.05, 0.1) is 17.4 Å². The molecule has 1 N–H and O–H groups in total. The van der Waals surface area contributed by atoms with E-state index < -0.39 is 0 Å². The second kappa shape index (κ2) is 11.2. The van der Waals surface area contributed by atoms with E-state index in [-0.39, 0.29) is 42.8 Å². The van der Waals surface area contributed by atoms with Crippen molar-refractivity contribution in [2.24, 2.45) is 14.1 Å². The zero-order valence-electron chi connectivity index (χ0n) is 18.5. The summed E-state index contributed by atoms with van der Waals surface area (Å²) >= 11 is 0. The average Bonchev–Trinajstić information content (AvgIpc) is 3.41. The lowest BCUT2D eigenvalue weighted by atomic mass is 10.0. The maximum atomic E-state index is 11.7. The normalized spacial score (nSPS) is 10.2. The Balaban J connectivity index is 0.00000136. The topological polar surface area (TPSA) is 77.7 Å². The summed E-state index contributed by atoms with van der Waals surface area (Å²) in [6.07, 6.45) is 5.46. The largest absolute Gasteiger partial charge is 0.487 e. The summed E-state index contributed by atoms with van der Waals surface area (Å²) in [5.41, 5.74) is 6.75. The highest BCUT2D eigenvalue weighted by Crippen LogP contribution is 2.29. The highest BCUT2D eigenvalue weighted by atomic mass is 35.5. The Morgan fingerprint density at radius 2 is 1.62 bits per heavy atom. The maximum absolute atomic E-state index is 11.7. The highest BCUT2D eigenvalue weighted by molar-refractivity contribution is 5.91. The number of ether oxygens (including phenoxy) is 1. The molecule has 178 valence electrons. The number of halogens is 3. The number of hydrogen-bond donors (Lipinski definition) is 1. The molecular weight excluding hydrogens is 497 g/mol. The van der Waals surface area contributed by atoms with Gasteiger partial charge in [0.25, 0.3) is 0 Å². The molecule has 0 amide bonds. The van der Waals surface area contributed by atoms with Gasteiger partial charge in [-0.15, -0.1) is 37.2 Å². The molecule has 0 radical (unpaired) electrons. The number of benzene rings is 2. The zero-order valence-corrected chi connectivity index (χ0v) is 20.9. The Bertz CT molecular complexity index is 1440. The molecule has 0 aliphatic heterocycles. The van der Waals surface area contributed by atoms with E-state index in [9.17, 15) is 4.79 Å². The van der Waals surface area contributed by atoms with Crippen LogP contribution in [0.4, 0.5) is 0 Å². The highest BCUT2D eigenvalue weighted by Gasteiger charge is 2.12. The standard InChI is InChI=1S/C24H21N5O2.3ClH/c1-28-12-17(8-11-23(28)30)20-13-29(2)27-22(20)14-31-18-9-6-16(7-10-18)19-4-3-5-21-24(19)26-15-25-21;;;/h3-13,15H,14H2,1-2H3,(H,25,26);3*1H. The van der Waals surface area contributed by atoms with Crippen LogP contribution in [-0.4, -0.2) is 24.3 Å². The molecule has 5 rings (SSSR count). The number of nitrogens with zero attached hydrogens (tertiary/aromatic N) is 4. The second-order valence-electron chi connectivity index (χ2n) is 7.45. The van der Waals surface area contributed by atoms with Gasteiger partial charge in [0.1, 0.15) is 18.1 Å². The molecular formula is C24H24Cl3N5O2. The van der Waals surface area contributed by atoms with Gasteiger partial charge in [-0.05, 0) is 29.8 Å². The van der Waals surface area contributed by atoms with Crippen molar-refractivity contribution in [1.82, 2.24) is 24.3 Å². The molecule has 10 heteroatoms. The molecule has 0 unspecified atom stereocenters. The lowest BCUT2D eigenvalue weighted by Crippen LogP contribution is -2.14. The predicted octanol–water partition coefficient (Wildman–Crippen LogP) is 5.17. The first-order valence-electron chi connectivity index (χ1n) is 9.93. The number of nitrogens with one attached hydrogen (secondary N) is 1. The first-order valence-corrected chi connectivity index (χ1v) is 9.93. The number of aromatic nitrogens is 5. The molecule has 5 aromatic rings. The van der Waals surface area contributed by atoms with Crippen LogP contribution < -0.4 is 10.3 Å². The van der Waals surface area contributed by atoms with Crippen molar-refractivity contribution < 1.29 is 4.74 Å². The smallest absolute Gasteiger partial charge is 0.250 e. The van der Waals surface area contributed by atoms with Gasteiger partial charge in [0, 0.05) is 49.2 Å². The van der Waals surface area contributed by atoms with Crippen LogP contribution in [0, 0.1) is 0 Å². The summed E-state index contributed by atoms with van der Waals surface area (Å²) in [5, 5.41) is 4.54. The third-order valence-corrected chi connectivity index (χ3v) is 5.29. The second-order valence-corrected chi connectivity index (χ2v) is 7.45. The van der Waals surface area contributed by atoms with Crippen LogP contribution in [0.1, 0.15) is 5.69 Å². The molecule has 2 aromatic carbocycles. The fourth-order valence-corrected chi connectivity index (χ4v) is 3.72. The minimum absolute atomic E-state index is 0. The van der Waals surface area contributed by atoms with E-state index in [1.165, 1.54) is 0 Å². The van der Waals surface area contributed by atoms with Gasteiger partial charge >= 0.3 is 0 Å². The molecule has 0 fully saturated rings. The van der Waals surface area contributed by atoms with E-state index in [1.54, 1.807) is 28.7 Å². The van der Waals surface area contributed by atoms with Crippen molar-refractivity contribution in [3.05, 3.63) is 89.4 Å². The molecule has 0 aliphatic carbocycles. The Morgan fingerprint density at radius 1 is 0.882 bits per heavy atom. The van der Waals surface area contributed by atoms with Gasteiger partial charge in [0.2, 0.25) is 5.56 Å². The van der Waals surface area contributed by atoms with Gasteiger partial charge in [-0.2, -0.15) is 5.10 Å². The third kappa shape index (κ3) is 5.28. The van der Waals surface area contributed by atoms with Crippen LogP contribution in [0.5, 0.6) is 5.75 Å². The maximum Gasteiger partial charge on any atom is 0.250 e. The van der Waals surface area contributed by atoms with Crippen LogP contribution in [0.3, 0.4) is 0 Å². The predicted molar refractivity (Wildman–Crippen MR) is 141 cm³/mol. The van der Waals surface area contributed by atoms with E-state index in [4.69, 9.17) is 4.74 Å². The van der Waals surface area contributed by atoms with E-state index in [0.29, 0.717) is 6.61 Å². The molecule has 34 heavy (non-hydrogen) atoms. The Kier molecular flexibility index (Phi) is 8.93. The van der Waals surface area contributed by atoms with E-state index in [0.717, 1.165) is 44.7 Å². The molecule has 7 nitrogen and oxygen atoms in total. The van der Waals surface area contributed by atoms with Crippen molar-refractivity contribution in [2.75, 3.05) is 0 Å². The monoisotopic (exact) mass is 519 g/mol. The molecule has 0 saturated carbocycles. The van der Waals surface area contributed by atoms with Crippen LogP contribution in [0.25, 0.3) is 33.3 Å². The van der Waals surface area contributed by atoms with Gasteiger partial charge in [-0.3, -0.25) is 9.48 Å². The fourth-order valence-electron chi connectivity index (χ4n) is 3.72. The number of rotatable bonds is 5. The Morgan fingerprint density at radius 3 is 2.35 bits per heavy atom. The molecule has 0 spiro atoms. The SMILES string of the molecule is Cl.Cl.Cl.Cn1cc(-c2ccc(=O)n(C)c2)c(COc2ccc(-c3cccc4[nH]cnc34)cc2)n1. The Hall–Kier alpha value is -3.26. The van der Waals surface area contributed by atoms with E-state index in [1.807, 2.05) is 61.9 Å². The average molecular weight is 521 g/mol. The lowest BCUT2D eigenvalue weighted by Gasteiger charge is -2.08. The molecule has 0 aliphatic rings. The molecule has 0 bridgehead atoms. The fraction of sp³-hybridized carbons (Fsp3) is 0.125. The third-order valence-electron chi connectivity index (χ3n) is 5.29. The van der Waals surface area contributed by atoms with Crippen molar-refractivity contribution in [2.45, 2.75) is 6.61 Å². The first kappa shape index (κ1) is 27.0. The number of fused-ring (bicyclic) bond motifs is 1. The van der Waals surface area contributed by atoms with Crippen molar-refractivity contribution in [3.8, 4) is 28.0 Å². The quantitative estimate of drug-likeness (QED) is 0.347. The number of pyridine rings is 1. The molecule has 0 saturated heterocycles. The molecule has 0 atom stereocenters. The van der Waals surface area contributed by atoms with Crippen molar-refractivity contribution in [3.63, 3.8) is 0 Å². The van der Waals surface area contributed by atoms with Gasteiger partial charge < -0.3 is 14.3 Å². The summed E-state index contributed by atoms with van der Waals surface area (Å²) in [7, 11) is 3.61. The van der Waals surface area contributed by atoms with Crippen LogP contribution >= 0.6 is 37.2 Å². The van der Waals surface area contributed by atoms with Gasteiger partial charge in [-0.1, -0.05) is 24.3 Å². The first-order chi connectivity index (χ1) is 15.1. The van der Waals surface area contributed by atoms with Gasteiger partial charge in [0.15, 0.2) is 0 Å². The summed E-state index contributed by atoms with van der Waals surface area (Å²) in [6, 6.07) is 17.4. The summed E-state index contributed by atoms with van der Waals surface area (Å²) < 4.78 is 9.34. The van der Waals surface area contributed by atoms with E-state index >= 15 is 0 Å². The van der Waals surface area contributed by atoms with Crippen molar-refractivity contribution in [1.29, 1.82) is 0 Å².